The molecule has 0 bridgehead atoms. The second kappa shape index (κ2) is 6.13. The summed E-state index contributed by atoms with van der Waals surface area (Å²) < 4.78 is 18.7. The van der Waals surface area contributed by atoms with E-state index in [2.05, 4.69) is 5.32 Å². The smallest absolute Gasteiger partial charge is 0.248 e. The second-order valence-corrected chi connectivity index (χ2v) is 4.42. The Hall–Kier alpha value is -2.76. The summed E-state index contributed by atoms with van der Waals surface area (Å²) in [6, 6.07) is 8.67. The van der Waals surface area contributed by atoms with E-state index in [0.29, 0.717) is 12.3 Å². The molecule has 0 saturated carbocycles. The van der Waals surface area contributed by atoms with Crippen molar-refractivity contribution in [2.45, 2.75) is 6.54 Å². The molecule has 5 nitrogen and oxygen atoms in total. The average molecular weight is 290 g/mol. The van der Waals surface area contributed by atoms with Crippen molar-refractivity contribution in [2.75, 3.05) is 12.4 Å². The van der Waals surface area contributed by atoms with Gasteiger partial charge in [0.15, 0.2) is 11.5 Å². The number of primary amides is 1. The third-order valence-electron chi connectivity index (χ3n) is 2.98. The van der Waals surface area contributed by atoms with Crippen LogP contribution in [-0.4, -0.2) is 18.1 Å². The Labute approximate surface area is 121 Å². The number of aromatic hydroxyl groups is 1. The summed E-state index contributed by atoms with van der Waals surface area (Å²) >= 11 is 0. The first-order valence-electron chi connectivity index (χ1n) is 6.20. The molecule has 2 aromatic carbocycles. The van der Waals surface area contributed by atoms with Crippen LogP contribution in [0.1, 0.15) is 15.9 Å². The summed E-state index contributed by atoms with van der Waals surface area (Å²) in [4.78, 5) is 11.1. The van der Waals surface area contributed by atoms with E-state index in [9.17, 15) is 14.3 Å². The molecular weight excluding hydrogens is 275 g/mol. The van der Waals surface area contributed by atoms with Gasteiger partial charge in [0.1, 0.15) is 5.82 Å². The molecule has 0 spiro atoms. The van der Waals surface area contributed by atoms with Crippen LogP contribution in [0.3, 0.4) is 0 Å². The number of carbonyl (C=O) groups excluding carboxylic acids is 1. The van der Waals surface area contributed by atoms with E-state index >= 15 is 0 Å². The number of methoxy groups -OCH3 is 1. The maximum absolute atomic E-state index is 13.7. The lowest BCUT2D eigenvalue weighted by atomic mass is 10.1. The maximum atomic E-state index is 13.7. The monoisotopic (exact) mass is 290 g/mol. The fraction of sp³-hybridized carbons (Fsp3) is 0.133. The number of carbonyl (C=O) groups is 1. The summed E-state index contributed by atoms with van der Waals surface area (Å²) in [5.74, 6) is -0.737. The van der Waals surface area contributed by atoms with Gasteiger partial charge in [-0.25, -0.2) is 4.39 Å². The summed E-state index contributed by atoms with van der Waals surface area (Å²) in [7, 11) is 1.45. The van der Waals surface area contributed by atoms with E-state index in [0.717, 1.165) is 5.56 Å². The third kappa shape index (κ3) is 3.42. The molecule has 0 aromatic heterocycles. The largest absolute Gasteiger partial charge is 0.504 e. The highest BCUT2D eigenvalue weighted by atomic mass is 19.1. The van der Waals surface area contributed by atoms with Gasteiger partial charge in [-0.1, -0.05) is 6.07 Å². The van der Waals surface area contributed by atoms with Crippen LogP contribution in [0.15, 0.2) is 36.4 Å². The minimum atomic E-state index is -0.621. The van der Waals surface area contributed by atoms with Crippen LogP contribution in [0.25, 0.3) is 0 Å². The molecular formula is C15H15FN2O3. The highest BCUT2D eigenvalue weighted by molar-refractivity contribution is 5.93. The topological polar surface area (TPSA) is 84.6 Å². The first-order chi connectivity index (χ1) is 10.0. The fourth-order valence-electron chi connectivity index (χ4n) is 1.84. The van der Waals surface area contributed by atoms with Gasteiger partial charge in [0.25, 0.3) is 0 Å². The number of hydrogen-bond donors (Lipinski definition) is 3. The van der Waals surface area contributed by atoms with Gasteiger partial charge in [-0.15, -0.1) is 0 Å². The first kappa shape index (κ1) is 14.6. The Kier molecular flexibility index (Phi) is 4.27. The van der Waals surface area contributed by atoms with E-state index in [1.807, 2.05) is 0 Å². The minimum absolute atomic E-state index is 0.0307. The van der Waals surface area contributed by atoms with E-state index in [-0.39, 0.29) is 17.0 Å². The van der Waals surface area contributed by atoms with Crippen molar-refractivity contribution < 1.29 is 19.0 Å². The number of hydrogen-bond acceptors (Lipinski definition) is 4. The third-order valence-corrected chi connectivity index (χ3v) is 2.98. The Morgan fingerprint density at radius 2 is 2.10 bits per heavy atom. The number of benzene rings is 2. The SMILES string of the molecule is COc1cc(CNc2cc(C(N)=O)ccc2F)ccc1O. The highest BCUT2D eigenvalue weighted by Gasteiger charge is 2.08. The van der Waals surface area contributed by atoms with Crippen LogP contribution in [0.2, 0.25) is 0 Å². The summed E-state index contributed by atoms with van der Waals surface area (Å²) in [6.07, 6.45) is 0. The van der Waals surface area contributed by atoms with Crippen LogP contribution in [0, 0.1) is 5.82 Å². The van der Waals surface area contributed by atoms with Crippen molar-refractivity contribution in [3.63, 3.8) is 0 Å². The Balaban J connectivity index is 2.16. The van der Waals surface area contributed by atoms with E-state index in [4.69, 9.17) is 10.5 Å². The molecule has 2 rings (SSSR count). The van der Waals surface area contributed by atoms with Gasteiger partial charge in [0.05, 0.1) is 12.8 Å². The molecule has 0 fully saturated rings. The predicted molar refractivity (Wildman–Crippen MR) is 76.9 cm³/mol. The molecule has 0 radical (unpaired) electrons. The molecule has 0 atom stereocenters. The van der Waals surface area contributed by atoms with E-state index in [1.54, 1.807) is 12.1 Å². The number of phenolic OH excluding ortho intramolecular Hbond substituents is 1. The number of phenols is 1. The van der Waals surface area contributed by atoms with E-state index < -0.39 is 11.7 Å². The van der Waals surface area contributed by atoms with Gasteiger partial charge in [0.2, 0.25) is 5.91 Å². The number of anilines is 1. The zero-order valence-electron chi connectivity index (χ0n) is 11.4. The Morgan fingerprint density at radius 3 is 2.76 bits per heavy atom. The lowest BCUT2D eigenvalue weighted by Gasteiger charge is -2.10. The highest BCUT2D eigenvalue weighted by Crippen LogP contribution is 2.26. The number of nitrogens with one attached hydrogen (secondary N) is 1. The number of halogens is 1. The number of amides is 1. The molecule has 2 aromatic rings. The van der Waals surface area contributed by atoms with Crippen LogP contribution < -0.4 is 15.8 Å². The molecule has 0 unspecified atom stereocenters. The van der Waals surface area contributed by atoms with Crippen LogP contribution >= 0.6 is 0 Å². The molecule has 6 heteroatoms. The maximum Gasteiger partial charge on any atom is 0.248 e. The number of rotatable bonds is 5. The molecule has 0 aliphatic heterocycles. The van der Waals surface area contributed by atoms with Crippen LogP contribution in [-0.2, 0) is 6.54 Å². The van der Waals surface area contributed by atoms with Crippen molar-refractivity contribution in [3.8, 4) is 11.5 Å². The Morgan fingerprint density at radius 1 is 1.33 bits per heavy atom. The molecule has 0 saturated heterocycles. The van der Waals surface area contributed by atoms with Gasteiger partial charge in [0, 0.05) is 12.1 Å². The molecule has 21 heavy (non-hydrogen) atoms. The lowest BCUT2D eigenvalue weighted by molar-refractivity contribution is 0.100. The molecule has 0 aliphatic carbocycles. The quantitative estimate of drug-likeness (QED) is 0.788. The normalized spacial score (nSPS) is 10.2. The fourth-order valence-corrected chi connectivity index (χ4v) is 1.84. The summed E-state index contributed by atoms with van der Waals surface area (Å²) in [6.45, 7) is 0.301. The summed E-state index contributed by atoms with van der Waals surface area (Å²) in [5, 5.41) is 12.4. The number of nitrogens with two attached hydrogens (primary N) is 1. The van der Waals surface area contributed by atoms with E-state index in [1.165, 1.54) is 31.4 Å². The predicted octanol–water partition coefficient (Wildman–Crippen LogP) is 2.25. The van der Waals surface area contributed by atoms with Gasteiger partial charge >= 0.3 is 0 Å². The van der Waals surface area contributed by atoms with Gasteiger partial charge in [-0.3, -0.25) is 4.79 Å². The minimum Gasteiger partial charge on any atom is -0.504 e. The Bertz CT molecular complexity index is 674. The molecule has 0 aliphatic rings. The molecule has 110 valence electrons. The summed E-state index contributed by atoms with van der Waals surface area (Å²) in [5.41, 5.74) is 6.35. The van der Waals surface area contributed by atoms with Gasteiger partial charge < -0.3 is 20.9 Å². The zero-order valence-corrected chi connectivity index (χ0v) is 11.4. The van der Waals surface area contributed by atoms with Crippen molar-refractivity contribution in [3.05, 3.63) is 53.3 Å². The lowest BCUT2D eigenvalue weighted by Crippen LogP contribution is -2.12. The van der Waals surface area contributed by atoms with Crippen molar-refractivity contribution in [2.24, 2.45) is 5.73 Å². The molecule has 4 N–H and O–H groups in total. The van der Waals surface area contributed by atoms with Crippen molar-refractivity contribution in [1.29, 1.82) is 0 Å². The first-order valence-corrected chi connectivity index (χ1v) is 6.20. The second-order valence-electron chi connectivity index (χ2n) is 4.42. The van der Waals surface area contributed by atoms with Crippen molar-refractivity contribution >= 4 is 11.6 Å². The standard InChI is InChI=1S/C15H15FN2O3/c1-21-14-6-9(2-5-13(14)19)8-18-12-7-10(15(17)20)3-4-11(12)16/h2-7,18-19H,8H2,1H3,(H2,17,20). The molecule has 0 heterocycles. The van der Waals surface area contributed by atoms with Gasteiger partial charge in [-0.05, 0) is 35.9 Å². The van der Waals surface area contributed by atoms with Crippen LogP contribution in [0.5, 0.6) is 11.5 Å². The van der Waals surface area contributed by atoms with Crippen molar-refractivity contribution in [1.82, 2.24) is 0 Å². The van der Waals surface area contributed by atoms with Crippen LogP contribution in [0.4, 0.5) is 10.1 Å². The molecule has 1 amide bonds. The zero-order chi connectivity index (χ0) is 15.4. The number of ether oxygens (including phenoxy) is 1. The van der Waals surface area contributed by atoms with Gasteiger partial charge in [-0.2, -0.15) is 0 Å². The average Bonchev–Trinajstić information content (AvgIpc) is 2.47.